The van der Waals surface area contributed by atoms with Crippen molar-refractivity contribution >= 4 is 50.7 Å². The number of alkyl halides is 3. The summed E-state index contributed by atoms with van der Waals surface area (Å²) in [6, 6.07) is 14.3. The number of hydrogen-bond donors (Lipinski definition) is 1. The van der Waals surface area contributed by atoms with Gasteiger partial charge in [-0.25, -0.2) is 8.42 Å². The van der Waals surface area contributed by atoms with Crippen molar-refractivity contribution in [3.05, 3.63) is 94.0 Å². The molecule has 3 rings (SSSR count). The molecule has 1 unspecified atom stereocenters. The Morgan fingerprint density at radius 3 is 2.10 bits per heavy atom. The molecule has 0 fully saturated rings. The highest BCUT2D eigenvalue weighted by atomic mass is 35.5. The number of benzene rings is 3. The summed E-state index contributed by atoms with van der Waals surface area (Å²) in [5, 5.41) is 2.69. The molecule has 2 amide bonds. The number of nitrogens with zero attached hydrogens (tertiary/aromatic N) is 2. The third-order valence-corrected chi connectivity index (χ3v) is 8.51. The average Bonchev–Trinajstić information content (AvgIpc) is 2.90. The fourth-order valence-electron chi connectivity index (χ4n) is 3.91. The predicted molar refractivity (Wildman–Crippen MR) is 152 cm³/mol. The van der Waals surface area contributed by atoms with Gasteiger partial charge in [0, 0.05) is 17.6 Å². The maximum Gasteiger partial charge on any atom is 0.416 e. The van der Waals surface area contributed by atoms with E-state index in [9.17, 15) is 31.2 Å². The highest BCUT2D eigenvalue weighted by Gasteiger charge is 2.36. The number of halogens is 5. The summed E-state index contributed by atoms with van der Waals surface area (Å²) in [5.41, 5.74) is -1.23. The van der Waals surface area contributed by atoms with Crippen LogP contribution in [0.5, 0.6) is 0 Å². The Labute approximate surface area is 246 Å². The lowest BCUT2D eigenvalue weighted by atomic mass is 10.1. The van der Waals surface area contributed by atoms with E-state index in [1.807, 2.05) is 0 Å². The van der Waals surface area contributed by atoms with E-state index in [0.717, 1.165) is 11.0 Å². The molecule has 0 saturated carbocycles. The maximum atomic E-state index is 13.9. The van der Waals surface area contributed by atoms with Crippen LogP contribution in [0.4, 0.5) is 18.9 Å². The lowest BCUT2D eigenvalue weighted by molar-refractivity contribution is -0.139. The van der Waals surface area contributed by atoms with Crippen molar-refractivity contribution in [3.63, 3.8) is 0 Å². The van der Waals surface area contributed by atoms with E-state index >= 15 is 0 Å². The topological polar surface area (TPSA) is 86.8 Å². The van der Waals surface area contributed by atoms with Crippen molar-refractivity contribution in [2.24, 2.45) is 0 Å². The third-order valence-electron chi connectivity index (χ3n) is 6.05. The van der Waals surface area contributed by atoms with E-state index < -0.39 is 51.9 Å². The zero-order valence-electron chi connectivity index (χ0n) is 22.3. The molecule has 0 aliphatic heterocycles. The monoisotopic (exact) mass is 629 g/mol. The van der Waals surface area contributed by atoms with Gasteiger partial charge in [0.25, 0.3) is 10.0 Å². The summed E-state index contributed by atoms with van der Waals surface area (Å²) in [5.74, 6) is -1.39. The average molecular weight is 631 g/mol. The fraction of sp³-hybridized carbons (Fsp3) is 0.286. The van der Waals surface area contributed by atoms with Crippen LogP contribution in [0.3, 0.4) is 0 Å². The van der Waals surface area contributed by atoms with Crippen molar-refractivity contribution in [1.29, 1.82) is 0 Å². The first-order chi connectivity index (χ1) is 19.1. The standard InChI is InChI=1S/C28H28Cl2F3N3O4S/c1-18(2)34-27(38)19(3)35(16-20-9-7-8-12-23(20)29)26(37)17-36(41(39,40)22-10-5-4-6-11-22)25-15-21(28(31,32)33)13-14-24(25)30/h4-15,18-19H,16-17H2,1-3H3,(H,34,38). The minimum absolute atomic E-state index is 0.180. The Bertz CT molecular complexity index is 1500. The first kappa shape index (κ1) is 32.2. The van der Waals surface area contributed by atoms with E-state index in [0.29, 0.717) is 27.0 Å². The second kappa shape index (κ2) is 13.1. The van der Waals surface area contributed by atoms with Gasteiger partial charge < -0.3 is 10.2 Å². The van der Waals surface area contributed by atoms with E-state index in [1.165, 1.54) is 31.2 Å². The van der Waals surface area contributed by atoms with Crippen molar-refractivity contribution in [1.82, 2.24) is 10.2 Å². The van der Waals surface area contributed by atoms with Crippen LogP contribution < -0.4 is 9.62 Å². The minimum atomic E-state index is -4.81. The molecule has 3 aromatic rings. The normalized spacial score (nSPS) is 12.6. The van der Waals surface area contributed by atoms with Gasteiger partial charge in [0.2, 0.25) is 11.8 Å². The van der Waals surface area contributed by atoms with Crippen molar-refractivity contribution in [2.45, 2.75) is 50.5 Å². The summed E-state index contributed by atoms with van der Waals surface area (Å²) in [4.78, 5) is 27.7. The Hall–Kier alpha value is -3.28. The molecule has 3 aromatic carbocycles. The largest absolute Gasteiger partial charge is 0.416 e. The summed E-state index contributed by atoms with van der Waals surface area (Å²) < 4.78 is 68.9. The van der Waals surface area contributed by atoms with E-state index in [4.69, 9.17) is 23.2 Å². The molecule has 0 aliphatic carbocycles. The maximum absolute atomic E-state index is 13.9. The van der Waals surface area contributed by atoms with Crippen LogP contribution in [-0.4, -0.2) is 43.8 Å². The molecule has 0 spiro atoms. The van der Waals surface area contributed by atoms with Gasteiger partial charge in [-0.3, -0.25) is 13.9 Å². The van der Waals surface area contributed by atoms with E-state index in [-0.39, 0.29) is 22.5 Å². The molecular formula is C28H28Cl2F3N3O4S. The lowest BCUT2D eigenvalue weighted by Crippen LogP contribution is -2.52. The summed E-state index contributed by atoms with van der Waals surface area (Å²) >= 11 is 12.5. The molecule has 1 N–H and O–H groups in total. The van der Waals surface area contributed by atoms with Crippen LogP contribution in [-0.2, 0) is 32.3 Å². The first-order valence-electron chi connectivity index (χ1n) is 12.4. The quantitative estimate of drug-likeness (QED) is 0.291. The number of sulfonamides is 1. The van der Waals surface area contributed by atoms with Gasteiger partial charge in [0.15, 0.2) is 0 Å². The number of amides is 2. The number of rotatable bonds is 10. The number of hydrogen-bond acceptors (Lipinski definition) is 4. The first-order valence-corrected chi connectivity index (χ1v) is 14.6. The molecule has 7 nitrogen and oxygen atoms in total. The lowest BCUT2D eigenvalue weighted by Gasteiger charge is -2.33. The fourth-order valence-corrected chi connectivity index (χ4v) is 5.82. The SMILES string of the molecule is CC(C)NC(=O)C(C)N(Cc1ccccc1Cl)C(=O)CN(c1cc(C(F)(F)F)ccc1Cl)S(=O)(=O)c1ccccc1. The van der Waals surface area contributed by atoms with Gasteiger partial charge in [-0.15, -0.1) is 0 Å². The molecular weight excluding hydrogens is 602 g/mol. The molecule has 0 radical (unpaired) electrons. The molecule has 1 atom stereocenters. The van der Waals surface area contributed by atoms with Gasteiger partial charge in [-0.05, 0) is 62.7 Å². The second-order valence-corrected chi connectivity index (χ2v) is 12.1. The minimum Gasteiger partial charge on any atom is -0.352 e. The van der Waals surface area contributed by atoms with Gasteiger partial charge in [-0.2, -0.15) is 13.2 Å². The Balaban J connectivity index is 2.14. The third kappa shape index (κ3) is 7.93. The molecule has 41 heavy (non-hydrogen) atoms. The summed E-state index contributed by atoms with van der Waals surface area (Å²) in [7, 11) is -4.61. The van der Waals surface area contributed by atoms with Gasteiger partial charge in [-0.1, -0.05) is 59.6 Å². The van der Waals surface area contributed by atoms with E-state index in [2.05, 4.69) is 5.32 Å². The smallest absolute Gasteiger partial charge is 0.352 e. The molecule has 0 saturated heterocycles. The Kier molecular flexibility index (Phi) is 10.3. The Morgan fingerprint density at radius 1 is 0.902 bits per heavy atom. The van der Waals surface area contributed by atoms with Crippen LogP contribution in [0.25, 0.3) is 0 Å². The highest BCUT2D eigenvalue weighted by molar-refractivity contribution is 7.92. The number of nitrogens with one attached hydrogen (secondary N) is 1. The molecule has 220 valence electrons. The molecule has 0 heterocycles. The molecule has 0 bridgehead atoms. The highest BCUT2D eigenvalue weighted by Crippen LogP contribution is 2.37. The van der Waals surface area contributed by atoms with Gasteiger partial charge in [0.05, 0.1) is 21.2 Å². The van der Waals surface area contributed by atoms with E-state index in [1.54, 1.807) is 44.2 Å². The summed E-state index contributed by atoms with van der Waals surface area (Å²) in [6.07, 6.45) is -4.81. The number of anilines is 1. The van der Waals surface area contributed by atoms with Crippen LogP contribution in [0.1, 0.15) is 31.9 Å². The van der Waals surface area contributed by atoms with Crippen molar-refractivity contribution in [2.75, 3.05) is 10.8 Å². The summed E-state index contributed by atoms with van der Waals surface area (Å²) in [6.45, 7) is 3.78. The number of carbonyl (C=O) groups excluding carboxylic acids is 2. The molecule has 0 aliphatic rings. The second-order valence-electron chi connectivity index (χ2n) is 9.44. The molecule has 0 aromatic heterocycles. The van der Waals surface area contributed by atoms with Crippen LogP contribution in [0, 0.1) is 0 Å². The number of carbonyl (C=O) groups is 2. The predicted octanol–water partition coefficient (Wildman–Crippen LogP) is 6.15. The van der Waals surface area contributed by atoms with Crippen LogP contribution in [0.2, 0.25) is 10.0 Å². The molecule has 13 heteroatoms. The zero-order chi connectivity index (χ0) is 30.5. The van der Waals surface area contributed by atoms with Crippen molar-refractivity contribution in [3.8, 4) is 0 Å². The van der Waals surface area contributed by atoms with Crippen LogP contribution in [0.15, 0.2) is 77.7 Å². The van der Waals surface area contributed by atoms with Gasteiger partial charge in [0.1, 0.15) is 12.6 Å². The van der Waals surface area contributed by atoms with Gasteiger partial charge >= 0.3 is 6.18 Å². The zero-order valence-corrected chi connectivity index (χ0v) is 24.7. The Morgan fingerprint density at radius 2 is 1.51 bits per heavy atom. The van der Waals surface area contributed by atoms with Crippen LogP contribution >= 0.6 is 23.2 Å². The van der Waals surface area contributed by atoms with Crippen molar-refractivity contribution < 1.29 is 31.2 Å².